The smallest absolute Gasteiger partial charge is 0.247 e. The Morgan fingerprint density at radius 3 is 2.26 bits per heavy atom. The van der Waals surface area contributed by atoms with Gasteiger partial charge in [0.15, 0.2) is 0 Å². The van der Waals surface area contributed by atoms with Gasteiger partial charge in [0, 0.05) is 6.54 Å². The maximum Gasteiger partial charge on any atom is 0.247 e. The first-order valence-electron chi connectivity index (χ1n) is 13.9. The molecule has 8 heteroatoms. The Morgan fingerprint density at radius 2 is 1.67 bits per heavy atom. The van der Waals surface area contributed by atoms with Crippen LogP contribution in [0.2, 0.25) is 0 Å². The summed E-state index contributed by atoms with van der Waals surface area (Å²) in [7, 11) is 3.70. The molecule has 212 valence electrons. The molecule has 2 aromatic carbocycles. The summed E-state index contributed by atoms with van der Waals surface area (Å²) in [5, 5.41) is 8.92. The largest absolute Gasteiger partial charge is 0.487 e. The number of ether oxygens (including phenoxy) is 1. The van der Waals surface area contributed by atoms with E-state index in [1.807, 2.05) is 101 Å². The lowest BCUT2D eigenvalue weighted by Crippen LogP contribution is -2.62. The first-order valence-corrected chi connectivity index (χ1v) is 13.9. The van der Waals surface area contributed by atoms with Crippen LogP contribution in [0.25, 0.3) is 0 Å². The summed E-state index contributed by atoms with van der Waals surface area (Å²) in [6, 6.07) is 15.2. The monoisotopic (exact) mass is 536 g/mol. The van der Waals surface area contributed by atoms with E-state index in [1.54, 1.807) is 0 Å². The van der Waals surface area contributed by atoms with Gasteiger partial charge in [0.1, 0.15) is 23.9 Å². The highest BCUT2D eigenvalue weighted by Gasteiger charge is 2.38. The number of benzene rings is 2. The highest BCUT2D eigenvalue weighted by molar-refractivity contribution is 5.93. The number of nitrogens with one attached hydrogen (secondary N) is 3. The zero-order chi connectivity index (χ0) is 28.5. The molecular weight excluding hydrogens is 492 g/mol. The van der Waals surface area contributed by atoms with E-state index in [2.05, 4.69) is 16.0 Å². The molecule has 2 aromatic rings. The quantitative estimate of drug-likeness (QED) is 0.482. The van der Waals surface area contributed by atoms with E-state index in [-0.39, 0.29) is 23.7 Å². The van der Waals surface area contributed by atoms with Crippen LogP contribution in [0.4, 0.5) is 0 Å². The van der Waals surface area contributed by atoms with Crippen LogP contribution in [0.15, 0.2) is 54.6 Å². The number of hydrogen-bond acceptors (Lipinski definition) is 5. The van der Waals surface area contributed by atoms with Crippen LogP contribution in [0, 0.1) is 11.8 Å². The van der Waals surface area contributed by atoms with Crippen molar-refractivity contribution in [3.63, 3.8) is 0 Å². The third-order valence-corrected chi connectivity index (χ3v) is 7.01. The zero-order valence-corrected chi connectivity index (χ0v) is 24.1. The molecule has 0 saturated heterocycles. The Hall–Kier alpha value is -3.39. The number of amides is 3. The van der Waals surface area contributed by atoms with E-state index in [0.29, 0.717) is 31.6 Å². The van der Waals surface area contributed by atoms with Crippen molar-refractivity contribution in [2.24, 2.45) is 11.8 Å². The number of carbonyl (C=O) groups excluding carboxylic acids is 3. The second-order valence-electron chi connectivity index (χ2n) is 11.4. The minimum Gasteiger partial charge on any atom is -0.487 e. The molecule has 2 heterocycles. The Morgan fingerprint density at radius 1 is 1.00 bits per heavy atom. The molecule has 0 spiro atoms. The minimum atomic E-state index is -1.01. The predicted octanol–water partition coefficient (Wildman–Crippen LogP) is 2.95. The van der Waals surface area contributed by atoms with E-state index >= 15 is 0 Å². The van der Waals surface area contributed by atoms with Gasteiger partial charge in [-0.25, -0.2) is 0 Å². The van der Waals surface area contributed by atoms with Crippen LogP contribution < -0.4 is 20.7 Å². The third kappa shape index (κ3) is 8.82. The van der Waals surface area contributed by atoms with E-state index < -0.39 is 30.1 Å². The normalized spacial score (nSPS) is 21.2. The number of fused-ring (bicyclic) bond motifs is 11. The number of rotatable bonds is 8. The number of nitrogens with zero attached hydrogens (tertiary/aromatic N) is 1. The molecule has 0 unspecified atom stereocenters. The molecule has 0 saturated carbocycles. The summed E-state index contributed by atoms with van der Waals surface area (Å²) in [6.45, 7) is 8.40. The average molecular weight is 537 g/mol. The van der Waals surface area contributed by atoms with Crippen LogP contribution >= 0.6 is 0 Å². The number of carbonyl (C=O) groups is 3. The fourth-order valence-electron chi connectivity index (χ4n) is 4.79. The summed E-state index contributed by atoms with van der Waals surface area (Å²) >= 11 is 0. The van der Waals surface area contributed by atoms with Crippen LogP contribution in [0.1, 0.15) is 45.2 Å². The molecule has 0 radical (unpaired) electrons. The molecule has 0 fully saturated rings. The van der Waals surface area contributed by atoms with Crippen LogP contribution in [0.5, 0.6) is 5.75 Å². The molecule has 39 heavy (non-hydrogen) atoms. The molecule has 2 aliphatic rings. The lowest BCUT2D eigenvalue weighted by atomic mass is 9.96. The van der Waals surface area contributed by atoms with E-state index in [9.17, 15) is 14.4 Å². The van der Waals surface area contributed by atoms with Crippen LogP contribution in [-0.4, -0.2) is 67.5 Å². The highest BCUT2D eigenvalue weighted by Crippen LogP contribution is 2.21. The first kappa shape index (κ1) is 30.2. The third-order valence-electron chi connectivity index (χ3n) is 7.01. The van der Waals surface area contributed by atoms with Gasteiger partial charge in [-0.05, 0) is 68.5 Å². The van der Waals surface area contributed by atoms with Gasteiger partial charge in [-0.15, -0.1) is 0 Å². The van der Waals surface area contributed by atoms with Crippen molar-refractivity contribution >= 4 is 17.7 Å². The summed E-state index contributed by atoms with van der Waals surface area (Å²) in [5.41, 5.74) is 2.09. The van der Waals surface area contributed by atoms with Crippen LogP contribution in [0.3, 0.4) is 0 Å². The maximum atomic E-state index is 13.9. The highest BCUT2D eigenvalue weighted by atomic mass is 16.5. The number of hydrogen-bond donors (Lipinski definition) is 3. The van der Waals surface area contributed by atoms with Gasteiger partial charge < -0.3 is 20.7 Å². The van der Waals surface area contributed by atoms with Gasteiger partial charge in [-0.2, -0.15) is 0 Å². The summed E-state index contributed by atoms with van der Waals surface area (Å²) in [4.78, 5) is 42.6. The molecule has 0 aliphatic carbocycles. The predicted molar refractivity (Wildman–Crippen MR) is 153 cm³/mol. The van der Waals surface area contributed by atoms with Gasteiger partial charge >= 0.3 is 0 Å². The Balaban J connectivity index is 1.96. The molecule has 8 nitrogen and oxygen atoms in total. The van der Waals surface area contributed by atoms with Gasteiger partial charge in [0.25, 0.3) is 0 Å². The van der Waals surface area contributed by atoms with Crippen molar-refractivity contribution in [2.45, 2.75) is 71.2 Å². The van der Waals surface area contributed by atoms with E-state index in [4.69, 9.17) is 4.74 Å². The molecule has 3 N–H and O–H groups in total. The Bertz CT molecular complexity index is 1090. The van der Waals surface area contributed by atoms with Crippen molar-refractivity contribution < 1.29 is 19.1 Å². The van der Waals surface area contributed by atoms with Crippen molar-refractivity contribution in [3.05, 3.63) is 65.7 Å². The summed E-state index contributed by atoms with van der Waals surface area (Å²) in [6.07, 6.45) is 0.979. The lowest BCUT2D eigenvalue weighted by molar-refractivity contribution is -0.136. The van der Waals surface area contributed by atoms with E-state index in [1.165, 1.54) is 0 Å². The van der Waals surface area contributed by atoms with Crippen molar-refractivity contribution in [1.29, 1.82) is 0 Å². The molecule has 4 atom stereocenters. The first-order chi connectivity index (χ1) is 18.5. The van der Waals surface area contributed by atoms with Gasteiger partial charge in [-0.1, -0.05) is 70.2 Å². The summed E-state index contributed by atoms with van der Waals surface area (Å²) in [5.74, 6) is -0.252. The zero-order valence-electron chi connectivity index (χ0n) is 24.1. The van der Waals surface area contributed by atoms with Crippen molar-refractivity contribution in [2.75, 3.05) is 20.6 Å². The second kappa shape index (κ2) is 14.1. The standard InChI is InChI=1S/C31H44N4O4/c1-20(2)18-25-29(36)32-17-16-22-12-14-24(15-13-22)39-28(21(3)4)27(31(38)33-25)34-30(37)26(35(5)6)19-23-10-8-7-9-11-23/h7-15,20-21,25-28H,16-19H2,1-6H3,(H,32,36)(H,33,38)(H,34,37)/t25-,26-,27-,28+/m0/s1. The maximum absolute atomic E-state index is 13.9. The minimum absolute atomic E-state index is 0.113. The topological polar surface area (TPSA) is 99.8 Å². The van der Waals surface area contributed by atoms with Crippen molar-refractivity contribution in [3.8, 4) is 5.75 Å². The fraction of sp³-hybridized carbons (Fsp3) is 0.516. The second-order valence-corrected chi connectivity index (χ2v) is 11.4. The molecule has 3 amide bonds. The molecule has 2 aliphatic heterocycles. The summed E-state index contributed by atoms with van der Waals surface area (Å²) < 4.78 is 6.37. The molecule has 0 aromatic heterocycles. The lowest BCUT2D eigenvalue weighted by Gasteiger charge is -2.34. The van der Waals surface area contributed by atoms with Crippen molar-refractivity contribution in [1.82, 2.24) is 20.9 Å². The Kier molecular flexibility index (Phi) is 10.9. The fourth-order valence-corrected chi connectivity index (χ4v) is 4.79. The molecule has 4 rings (SSSR count). The molecular formula is C31H44N4O4. The van der Waals surface area contributed by atoms with Crippen LogP contribution in [-0.2, 0) is 27.2 Å². The van der Waals surface area contributed by atoms with Gasteiger partial charge in [0.05, 0.1) is 6.04 Å². The SMILES string of the molecule is CC(C)C[C@@H]1NC(=O)[C@@H](NC(=O)[C@H](Cc2ccccc2)N(C)C)[C@@H](C(C)C)Oc2ccc(cc2)CCNC1=O. The molecule has 2 bridgehead atoms. The number of likely N-dealkylation sites (N-methyl/N-ethyl adjacent to an activating group) is 1. The average Bonchev–Trinajstić information content (AvgIpc) is 2.89. The Labute approximate surface area is 232 Å². The van der Waals surface area contributed by atoms with E-state index in [0.717, 1.165) is 11.1 Å². The van der Waals surface area contributed by atoms with Gasteiger partial charge in [0.2, 0.25) is 17.7 Å². The van der Waals surface area contributed by atoms with Gasteiger partial charge in [-0.3, -0.25) is 19.3 Å².